The SMILES string of the molecule is CCC1CC1c1c(F)cccc1OC. The molecule has 2 unspecified atom stereocenters. The maximum atomic E-state index is 13.6. The average molecular weight is 194 g/mol. The van der Waals surface area contributed by atoms with E-state index >= 15 is 0 Å². The van der Waals surface area contributed by atoms with Gasteiger partial charge < -0.3 is 4.74 Å². The van der Waals surface area contributed by atoms with Gasteiger partial charge >= 0.3 is 0 Å². The summed E-state index contributed by atoms with van der Waals surface area (Å²) in [6.45, 7) is 2.15. The predicted molar refractivity (Wildman–Crippen MR) is 54.1 cm³/mol. The van der Waals surface area contributed by atoms with E-state index in [1.165, 1.54) is 6.07 Å². The van der Waals surface area contributed by atoms with E-state index in [2.05, 4.69) is 6.92 Å². The van der Waals surface area contributed by atoms with Crippen LogP contribution in [0.15, 0.2) is 18.2 Å². The molecule has 0 saturated heterocycles. The van der Waals surface area contributed by atoms with E-state index in [0.717, 1.165) is 18.4 Å². The molecule has 2 atom stereocenters. The van der Waals surface area contributed by atoms with Crippen molar-refractivity contribution in [3.63, 3.8) is 0 Å². The third-order valence-electron chi connectivity index (χ3n) is 3.05. The second kappa shape index (κ2) is 3.60. The first-order chi connectivity index (χ1) is 6.77. The second-order valence-electron chi connectivity index (χ2n) is 3.87. The zero-order valence-electron chi connectivity index (χ0n) is 8.59. The molecule has 0 aliphatic heterocycles. The van der Waals surface area contributed by atoms with Gasteiger partial charge in [-0.25, -0.2) is 4.39 Å². The Bertz CT molecular complexity index is 335. The Morgan fingerprint density at radius 2 is 2.29 bits per heavy atom. The Morgan fingerprint density at radius 1 is 1.50 bits per heavy atom. The molecule has 0 amide bonds. The van der Waals surface area contributed by atoms with Gasteiger partial charge in [0.25, 0.3) is 0 Å². The van der Waals surface area contributed by atoms with E-state index in [-0.39, 0.29) is 5.82 Å². The number of halogens is 1. The minimum absolute atomic E-state index is 0.120. The van der Waals surface area contributed by atoms with E-state index < -0.39 is 0 Å². The van der Waals surface area contributed by atoms with E-state index in [1.807, 2.05) is 6.07 Å². The smallest absolute Gasteiger partial charge is 0.130 e. The van der Waals surface area contributed by atoms with Gasteiger partial charge in [0.05, 0.1) is 7.11 Å². The van der Waals surface area contributed by atoms with Crippen molar-refractivity contribution in [3.05, 3.63) is 29.6 Å². The largest absolute Gasteiger partial charge is 0.496 e. The van der Waals surface area contributed by atoms with Crippen LogP contribution in [0.3, 0.4) is 0 Å². The lowest BCUT2D eigenvalue weighted by Crippen LogP contribution is -1.95. The van der Waals surface area contributed by atoms with Crippen LogP contribution in [0.2, 0.25) is 0 Å². The van der Waals surface area contributed by atoms with Crippen LogP contribution in [-0.4, -0.2) is 7.11 Å². The van der Waals surface area contributed by atoms with Gasteiger partial charge in [-0.05, 0) is 30.4 Å². The summed E-state index contributed by atoms with van der Waals surface area (Å²) in [5.74, 6) is 1.62. The fourth-order valence-corrected chi connectivity index (χ4v) is 2.11. The van der Waals surface area contributed by atoms with Gasteiger partial charge in [-0.1, -0.05) is 19.4 Å². The number of rotatable bonds is 3. The van der Waals surface area contributed by atoms with Crippen LogP contribution >= 0.6 is 0 Å². The number of benzene rings is 1. The van der Waals surface area contributed by atoms with Crippen molar-refractivity contribution in [3.8, 4) is 5.75 Å². The molecule has 1 nitrogen and oxygen atoms in total. The lowest BCUT2D eigenvalue weighted by molar-refractivity contribution is 0.403. The second-order valence-corrected chi connectivity index (χ2v) is 3.87. The molecule has 0 N–H and O–H groups in total. The Hall–Kier alpha value is -1.05. The minimum Gasteiger partial charge on any atom is -0.496 e. The van der Waals surface area contributed by atoms with Crippen LogP contribution in [0.5, 0.6) is 5.75 Å². The molecule has 14 heavy (non-hydrogen) atoms. The summed E-state index contributed by atoms with van der Waals surface area (Å²) in [4.78, 5) is 0. The summed E-state index contributed by atoms with van der Waals surface area (Å²) >= 11 is 0. The molecule has 0 aromatic heterocycles. The maximum absolute atomic E-state index is 13.6. The van der Waals surface area contributed by atoms with Crippen LogP contribution in [-0.2, 0) is 0 Å². The highest BCUT2D eigenvalue weighted by molar-refractivity contribution is 5.40. The molecule has 1 aliphatic carbocycles. The van der Waals surface area contributed by atoms with Gasteiger partial charge in [-0.2, -0.15) is 0 Å². The average Bonchev–Trinajstić information content (AvgIpc) is 2.96. The minimum atomic E-state index is -0.120. The first kappa shape index (κ1) is 9.50. The van der Waals surface area contributed by atoms with Crippen molar-refractivity contribution in [1.29, 1.82) is 0 Å². The van der Waals surface area contributed by atoms with Crippen molar-refractivity contribution >= 4 is 0 Å². The summed E-state index contributed by atoms with van der Waals surface area (Å²) < 4.78 is 18.7. The van der Waals surface area contributed by atoms with E-state index in [0.29, 0.717) is 17.6 Å². The zero-order chi connectivity index (χ0) is 10.1. The van der Waals surface area contributed by atoms with Crippen LogP contribution in [0.25, 0.3) is 0 Å². The molecule has 1 aromatic carbocycles. The third kappa shape index (κ3) is 1.49. The van der Waals surface area contributed by atoms with Gasteiger partial charge in [-0.15, -0.1) is 0 Å². The van der Waals surface area contributed by atoms with Crippen molar-refractivity contribution < 1.29 is 9.13 Å². The quantitative estimate of drug-likeness (QED) is 0.717. The first-order valence-electron chi connectivity index (χ1n) is 5.10. The summed E-state index contributed by atoms with van der Waals surface area (Å²) in [5, 5.41) is 0. The van der Waals surface area contributed by atoms with Gasteiger partial charge in [0.2, 0.25) is 0 Å². The Morgan fingerprint density at radius 3 is 2.86 bits per heavy atom. The molecule has 1 saturated carbocycles. The lowest BCUT2D eigenvalue weighted by Gasteiger charge is -2.08. The van der Waals surface area contributed by atoms with E-state index in [9.17, 15) is 4.39 Å². The molecular formula is C12H15FO. The van der Waals surface area contributed by atoms with Gasteiger partial charge in [-0.3, -0.25) is 0 Å². The summed E-state index contributed by atoms with van der Waals surface area (Å²) in [6, 6.07) is 5.05. The number of ether oxygens (including phenoxy) is 1. The highest BCUT2D eigenvalue weighted by Crippen LogP contribution is 2.52. The fourth-order valence-electron chi connectivity index (χ4n) is 2.11. The maximum Gasteiger partial charge on any atom is 0.130 e. The summed E-state index contributed by atoms with van der Waals surface area (Å²) in [7, 11) is 1.60. The Kier molecular flexibility index (Phi) is 2.44. The molecule has 1 aromatic rings. The summed E-state index contributed by atoms with van der Waals surface area (Å²) in [6.07, 6.45) is 2.23. The van der Waals surface area contributed by atoms with Crippen molar-refractivity contribution in [2.75, 3.05) is 7.11 Å². The standard InChI is InChI=1S/C12H15FO/c1-3-8-7-9(8)12-10(13)5-4-6-11(12)14-2/h4-6,8-9H,3,7H2,1-2H3. The first-order valence-corrected chi connectivity index (χ1v) is 5.10. The van der Waals surface area contributed by atoms with E-state index in [1.54, 1.807) is 13.2 Å². The number of methoxy groups -OCH3 is 1. The van der Waals surface area contributed by atoms with Crippen LogP contribution in [0.1, 0.15) is 31.2 Å². The zero-order valence-corrected chi connectivity index (χ0v) is 8.59. The predicted octanol–water partition coefficient (Wildman–Crippen LogP) is 3.35. The van der Waals surface area contributed by atoms with Crippen LogP contribution in [0.4, 0.5) is 4.39 Å². The fraction of sp³-hybridized carbons (Fsp3) is 0.500. The molecule has 2 rings (SSSR count). The number of hydrogen-bond acceptors (Lipinski definition) is 1. The van der Waals surface area contributed by atoms with Crippen molar-refractivity contribution in [1.82, 2.24) is 0 Å². The van der Waals surface area contributed by atoms with Crippen LogP contribution in [0, 0.1) is 11.7 Å². The highest BCUT2D eigenvalue weighted by atomic mass is 19.1. The molecule has 0 bridgehead atoms. The molecule has 0 radical (unpaired) electrons. The molecule has 0 heterocycles. The Balaban J connectivity index is 2.32. The molecule has 76 valence electrons. The number of hydrogen-bond donors (Lipinski definition) is 0. The normalized spacial score (nSPS) is 24.8. The molecule has 1 fully saturated rings. The van der Waals surface area contributed by atoms with Crippen molar-refractivity contribution in [2.24, 2.45) is 5.92 Å². The highest BCUT2D eigenvalue weighted by Gasteiger charge is 2.40. The van der Waals surface area contributed by atoms with E-state index in [4.69, 9.17) is 4.74 Å². The summed E-state index contributed by atoms with van der Waals surface area (Å²) in [5.41, 5.74) is 0.779. The molecule has 2 heteroatoms. The molecule has 1 aliphatic rings. The monoisotopic (exact) mass is 194 g/mol. The van der Waals surface area contributed by atoms with Crippen LogP contribution < -0.4 is 4.74 Å². The lowest BCUT2D eigenvalue weighted by atomic mass is 10.1. The Labute approximate surface area is 83.9 Å². The van der Waals surface area contributed by atoms with Gasteiger partial charge in [0.1, 0.15) is 11.6 Å². The topological polar surface area (TPSA) is 9.23 Å². The van der Waals surface area contributed by atoms with Gasteiger partial charge in [0.15, 0.2) is 0 Å². The third-order valence-corrected chi connectivity index (χ3v) is 3.05. The van der Waals surface area contributed by atoms with Crippen molar-refractivity contribution in [2.45, 2.75) is 25.7 Å². The molecule has 0 spiro atoms. The van der Waals surface area contributed by atoms with Gasteiger partial charge in [0, 0.05) is 5.56 Å². The molecular weight excluding hydrogens is 179 g/mol.